The summed E-state index contributed by atoms with van der Waals surface area (Å²) in [5.41, 5.74) is 0.127. The van der Waals surface area contributed by atoms with Gasteiger partial charge in [0, 0.05) is 10.2 Å². The molecule has 132 valence electrons. The number of carbonyl (C=O) groups excluding carboxylic acids is 2. The van der Waals surface area contributed by atoms with Crippen molar-refractivity contribution in [2.75, 3.05) is 17.7 Å². The molecular weight excluding hydrogens is 413 g/mol. The summed E-state index contributed by atoms with van der Waals surface area (Å²) in [7, 11) is -1.33. The van der Waals surface area contributed by atoms with E-state index in [-0.39, 0.29) is 11.3 Å². The Labute approximate surface area is 155 Å². The first-order valence-corrected chi connectivity index (χ1v) is 9.43. The molecule has 8 heteroatoms. The van der Waals surface area contributed by atoms with Crippen LogP contribution >= 0.6 is 15.9 Å². The number of hydrogen-bond donors (Lipinski definition) is 1. The van der Waals surface area contributed by atoms with Gasteiger partial charge in [0.25, 0.3) is 5.91 Å². The van der Waals surface area contributed by atoms with Crippen molar-refractivity contribution in [1.29, 1.82) is 0 Å². The van der Waals surface area contributed by atoms with E-state index < -0.39 is 35.1 Å². The van der Waals surface area contributed by atoms with E-state index in [1.807, 2.05) is 0 Å². The summed E-state index contributed by atoms with van der Waals surface area (Å²) < 4.78 is 31.1. The van der Waals surface area contributed by atoms with Crippen LogP contribution < -0.4 is 5.32 Å². The maximum atomic E-state index is 13.7. The van der Waals surface area contributed by atoms with Crippen molar-refractivity contribution in [3.8, 4) is 0 Å². The topological polar surface area (TPSA) is 72.5 Å². The van der Waals surface area contributed by atoms with E-state index in [1.54, 1.807) is 31.2 Å². The lowest BCUT2D eigenvalue weighted by Crippen LogP contribution is -2.22. The Morgan fingerprint density at radius 3 is 2.64 bits per heavy atom. The summed E-state index contributed by atoms with van der Waals surface area (Å²) in [4.78, 5) is 24.3. The van der Waals surface area contributed by atoms with Crippen LogP contribution in [0.5, 0.6) is 0 Å². The lowest BCUT2D eigenvalue weighted by atomic mass is 10.2. The molecule has 1 N–H and O–H groups in total. The van der Waals surface area contributed by atoms with Gasteiger partial charge in [-0.2, -0.15) is 0 Å². The van der Waals surface area contributed by atoms with E-state index in [0.717, 1.165) is 0 Å². The third kappa shape index (κ3) is 5.20. The third-order valence-corrected chi connectivity index (χ3v) is 5.02. The van der Waals surface area contributed by atoms with E-state index in [1.165, 1.54) is 18.2 Å². The summed E-state index contributed by atoms with van der Waals surface area (Å²) >= 11 is 3.12. The molecule has 5 nitrogen and oxygen atoms in total. The molecule has 0 spiro atoms. The highest BCUT2D eigenvalue weighted by molar-refractivity contribution is 9.10. The fourth-order valence-corrected chi connectivity index (χ4v) is 3.25. The van der Waals surface area contributed by atoms with Crippen LogP contribution in [0, 0.1) is 5.82 Å². The van der Waals surface area contributed by atoms with Crippen LogP contribution in [0.25, 0.3) is 0 Å². The van der Waals surface area contributed by atoms with Crippen LogP contribution in [-0.2, 0) is 20.3 Å². The molecule has 0 heterocycles. The molecule has 0 saturated heterocycles. The van der Waals surface area contributed by atoms with Gasteiger partial charge in [-0.05, 0) is 30.3 Å². The molecule has 25 heavy (non-hydrogen) atoms. The number of ether oxygens (including phenoxy) is 1. The van der Waals surface area contributed by atoms with Gasteiger partial charge in [0.1, 0.15) is 5.82 Å². The van der Waals surface area contributed by atoms with Crippen LogP contribution in [-0.4, -0.2) is 28.4 Å². The van der Waals surface area contributed by atoms with Gasteiger partial charge in [0.15, 0.2) is 6.61 Å². The monoisotopic (exact) mass is 427 g/mol. The van der Waals surface area contributed by atoms with E-state index in [9.17, 15) is 18.2 Å². The maximum absolute atomic E-state index is 13.7. The Balaban J connectivity index is 2.00. The highest BCUT2D eigenvalue weighted by atomic mass is 79.9. The molecule has 0 bridgehead atoms. The standard InChI is InChI=1S/C17H15BrFNO4S/c1-2-25(23)15-6-4-3-5-12(15)17(22)24-10-16(21)20-14-8-7-11(18)9-13(14)19/h3-9H,2,10H2,1H3,(H,20,21). The first kappa shape index (κ1) is 19.3. The Hall–Kier alpha value is -2.06. The van der Waals surface area contributed by atoms with Gasteiger partial charge < -0.3 is 10.1 Å². The SMILES string of the molecule is CCS(=O)c1ccccc1C(=O)OCC(=O)Nc1ccc(Br)cc1F. The molecule has 0 aliphatic heterocycles. The maximum Gasteiger partial charge on any atom is 0.339 e. The molecule has 1 unspecified atom stereocenters. The van der Waals surface area contributed by atoms with Crippen molar-refractivity contribution in [3.63, 3.8) is 0 Å². The van der Waals surface area contributed by atoms with E-state index in [0.29, 0.717) is 15.1 Å². The summed E-state index contributed by atoms with van der Waals surface area (Å²) in [5, 5.41) is 2.32. The van der Waals surface area contributed by atoms with Crippen molar-refractivity contribution in [2.24, 2.45) is 0 Å². The first-order chi connectivity index (χ1) is 11.9. The Kier molecular flexibility index (Phi) is 6.83. The number of rotatable bonds is 6. The van der Waals surface area contributed by atoms with Gasteiger partial charge in [0.2, 0.25) is 0 Å². The van der Waals surface area contributed by atoms with E-state index in [2.05, 4.69) is 21.2 Å². The van der Waals surface area contributed by atoms with Crippen LogP contribution in [0.1, 0.15) is 17.3 Å². The Morgan fingerprint density at radius 2 is 1.96 bits per heavy atom. The highest BCUT2D eigenvalue weighted by Gasteiger charge is 2.17. The zero-order valence-electron chi connectivity index (χ0n) is 13.3. The van der Waals surface area contributed by atoms with Crippen molar-refractivity contribution < 1.29 is 22.9 Å². The second-order valence-electron chi connectivity index (χ2n) is 4.88. The van der Waals surface area contributed by atoms with Crippen LogP contribution in [0.2, 0.25) is 0 Å². The summed E-state index contributed by atoms with van der Waals surface area (Å²) in [6.45, 7) is 1.15. The minimum Gasteiger partial charge on any atom is -0.452 e. The van der Waals surface area contributed by atoms with Crippen LogP contribution in [0.4, 0.5) is 10.1 Å². The minimum atomic E-state index is -1.33. The second kappa shape index (κ2) is 8.87. The average Bonchev–Trinajstić information content (AvgIpc) is 2.61. The Morgan fingerprint density at radius 1 is 1.24 bits per heavy atom. The number of amides is 1. The van der Waals surface area contributed by atoms with E-state index in [4.69, 9.17) is 4.74 Å². The van der Waals surface area contributed by atoms with Crippen LogP contribution in [0.3, 0.4) is 0 Å². The molecule has 1 atom stereocenters. The zero-order valence-corrected chi connectivity index (χ0v) is 15.7. The van der Waals surface area contributed by atoms with Gasteiger partial charge in [0.05, 0.1) is 26.9 Å². The molecule has 0 saturated carbocycles. The molecule has 2 rings (SSSR count). The fraction of sp³-hybridized carbons (Fsp3) is 0.176. The lowest BCUT2D eigenvalue weighted by Gasteiger charge is -2.10. The number of anilines is 1. The van der Waals surface area contributed by atoms with Crippen molar-refractivity contribution in [2.45, 2.75) is 11.8 Å². The molecule has 0 fully saturated rings. The van der Waals surface area contributed by atoms with Crippen molar-refractivity contribution in [3.05, 3.63) is 58.3 Å². The van der Waals surface area contributed by atoms with Gasteiger partial charge in [-0.3, -0.25) is 9.00 Å². The fourth-order valence-electron chi connectivity index (χ4n) is 1.98. The van der Waals surface area contributed by atoms with Crippen LogP contribution in [0.15, 0.2) is 51.8 Å². The molecule has 0 aromatic heterocycles. The molecule has 0 radical (unpaired) electrons. The number of benzene rings is 2. The second-order valence-corrected chi connectivity index (χ2v) is 7.50. The lowest BCUT2D eigenvalue weighted by molar-refractivity contribution is -0.119. The number of hydrogen-bond acceptors (Lipinski definition) is 4. The number of carbonyl (C=O) groups is 2. The normalized spacial score (nSPS) is 11.6. The van der Waals surface area contributed by atoms with Gasteiger partial charge in [-0.15, -0.1) is 0 Å². The number of esters is 1. The molecule has 1 amide bonds. The van der Waals surface area contributed by atoms with E-state index >= 15 is 0 Å². The minimum absolute atomic E-state index is 0.0169. The third-order valence-electron chi connectivity index (χ3n) is 3.15. The average molecular weight is 428 g/mol. The largest absolute Gasteiger partial charge is 0.452 e. The summed E-state index contributed by atoms with van der Waals surface area (Å²) in [6.07, 6.45) is 0. The molecule has 0 aliphatic rings. The highest BCUT2D eigenvalue weighted by Crippen LogP contribution is 2.19. The van der Waals surface area contributed by atoms with Gasteiger partial charge in [-0.25, -0.2) is 9.18 Å². The number of nitrogens with one attached hydrogen (secondary N) is 1. The predicted octanol–water partition coefficient (Wildman–Crippen LogP) is 3.51. The zero-order chi connectivity index (χ0) is 18.4. The summed E-state index contributed by atoms with van der Waals surface area (Å²) in [6, 6.07) is 10.5. The molecule has 0 aliphatic carbocycles. The molecule has 2 aromatic rings. The molecular formula is C17H15BrFNO4S. The quantitative estimate of drug-likeness (QED) is 0.715. The smallest absolute Gasteiger partial charge is 0.339 e. The Bertz CT molecular complexity index is 828. The van der Waals surface area contributed by atoms with Gasteiger partial charge in [-0.1, -0.05) is 35.0 Å². The van der Waals surface area contributed by atoms with Crippen molar-refractivity contribution >= 4 is 44.3 Å². The first-order valence-electron chi connectivity index (χ1n) is 7.31. The van der Waals surface area contributed by atoms with Crippen molar-refractivity contribution in [1.82, 2.24) is 0 Å². The predicted molar refractivity (Wildman–Crippen MR) is 96.4 cm³/mol. The molecule has 2 aromatic carbocycles. The number of halogens is 2. The summed E-state index contributed by atoms with van der Waals surface area (Å²) in [5.74, 6) is -1.70. The van der Waals surface area contributed by atoms with Gasteiger partial charge >= 0.3 is 5.97 Å².